The highest BCUT2D eigenvalue weighted by atomic mass is 79.9. The number of rotatable bonds is 3. The molecule has 0 spiro atoms. The molecule has 2 N–H and O–H groups in total. The first-order chi connectivity index (χ1) is 6.56. The first-order valence-corrected chi connectivity index (χ1v) is 6.08. The molecule has 1 aromatic heterocycles. The summed E-state index contributed by atoms with van der Waals surface area (Å²) in [6.45, 7) is 2.03. The van der Waals surface area contributed by atoms with E-state index in [2.05, 4.69) is 20.9 Å². The van der Waals surface area contributed by atoms with Crippen molar-refractivity contribution in [1.82, 2.24) is 4.98 Å². The summed E-state index contributed by atoms with van der Waals surface area (Å²) in [4.78, 5) is 15.6. The molecule has 3 nitrogen and oxygen atoms in total. The molecule has 5 heteroatoms. The van der Waals surface area contributed by atoms with Crippen LogP contribution in [0.25, 0.3) is 0 Å². The predicted molar refractivity (Wildman–Crippen MR) is 59.1 cm³/mol. The molecule has 1 heterocycles. The molecule has 0 aliphatic heterocycles. The molecule has 1 aliphatic rings. The molecular formula is C9H11BrN2OS. The van der Waals surface area contributed by atoms with Crippen LogP contribution >= 0.6 is 27.3 Å². The maximum absolute atomic E-state index is 11.3. The topological polar surface area (TPSA) is 56.0 Å². The highest BCUT2D eigenvalue weighted by Crippen LogP contribution is 2.56. The molecule has 2 rings (SSSR count). The molecular weight excluding hydrogens is 264 g/mol. The minimum atomic E-state index is -0.308. The van der Waals surface area contributed by atoms with Crippen molar-refractivity contribution in [2.75, 3.05) is 0 Å². The lowest BCUT2D eigenvalue weighted by molar-refractivity contribution is -0.123. The summed E-state index contributed by atoms with van der Waals surface area (Å²) in [6.07, 6.45) is 3.58. The lowest BCUT2D eigenvalue weighted by atomic mass is 9.90. The number of carbonyl (C=O) groups excluding carboxylic acids is 1. The number of thiazole rings is 1. The monoisotopic (exact) mass is 274 g/mol. The molecule has 0 aromatic carbocycles. The summed E-state index contributed by atoms with van der Waals surface area (Å²) in [5.41, 5.74) is 5.10. The van der Waals surface area contributed by atoms with Crippen LogP contribution in [0.5, 0.6) is 0 Å². The Labute approximate surface area is 94.8 Å². The molecule has 1 fully saturated rings. The van der Waals surface area contributed by atoms with Gasteiger partial charge >= 0.3 is 0 Å². The fourth-order valence-corrected chi connectivity index (χ4v) is 3.14. The number of nitrogens with zero attached hydrogens (tertiary/aromatic N) is 1. The maximum Gasteiger partial charge on any atom is 0.224 e. The number of amides is 1. The van der Waals surface area contributed by atoms with Crippen LogP contribution in [0.4, 0.5) is 0 Å². The predicted octanol–water partition coefficient (Wildman–Crippen LogP) is 2.27. The molecule has 0 unspecified atom stereocenters. The molecule has 0 radical (unpaired) electrons. The van der Waals surface area contributed by atoms with Crippen LogP contribution in [-0.2, 0) is 4.79 Å². The molecule has 1 saturated carbocycles. The molecule has 0 saturated heterocycles. The molecule has 14 heavy (non-hydrogen) atoms. The van der Waals surface area contributed by atoms with Crippen molar-refractivity contribution in [2.24, 2.45) is 11.1 Å². The highest BCUT2D eigenvalue weighted by molar-refractivity contribution is 9.11. The summed E-state index contributed by atoms with van der Waals surface area (Å²) in [5.74, 6) is -0.0346. The normalized spacial score (nSPS) is 20.4. The maximum atomic E-state index is 11.3. The standard InChI is InChI=1S/C9H11BrN2OS/c1-5(7-12-4-6(10)14-7)9(2-3-9)8(11)13/h4-5H,2-3H2,1H3,(H2,11,13)/t5-/m0/s1. The Bertz CT molecular complexity index is 373. The summed E-state index contributed by atoms with van der Waals surface area (Å²) in [5, 5.41) is 0.994. The second kappa shape index (κ2) is 3.31. The molecule has 1 aromatic rings. The van der Waals surface area contributed by atoms with Crippen molar-refractivity contribution in [3.05, 3.63) is 15.0 Å². The number of carbonyl (C=O) groups is 1. The van der Waals surface area contributed by atoms with Crippen molar-refractivity contribution >= 4 is 33.2 Å². The van der Waals surface area contributed by atoms with E-state index in [0.717, 1.165) is 21.6 Å². The van der Waals surface area contributed by atoms with Crippen LogP contribution in [0.3, 0.4) is 0 Å². The fraction of sp³-hybridized carbons (Fsp3) is 0.556. The Kier molecular flexibility index (Phi) is 2.39. The molecule has 0 bridgehead atoms. The first-order valence-electron chi connectivity index (χ1n) is 4.47. The van der Waals surface area contributed by atoms with Crippen LogP contribution in [0, 0.1) is 5.41 Å². The Morgan fingerprint density at radius 2 is 2.43 bits per heavy atom. The van der Waals surface area contributed by atoms with E-state index >= 15 is 0 Å². The third-order valence-corrected chi connectivity index (χ3v) is 4.63. The third-order valence-electron chi connectivity index (χ3n) is 2.97. The summed E-state index contributed by atoms with van der Waals surface area (Å²) < 4.78 is 1.000. The van der Waals surface area contributed by atoms with Gasteiger partial charge in [0.05, 0.1) is 20.4 Å². The smallest absolute Gasteiger partial charge is 0.224 e. The van der Waals surface area contributed by atoms with Crippen LogP contribution in [0.2, 0.25) is 0 Å². The lowest BCUT2D eigenvalue weighted by Crippen LogP contribution is -2.29. The number of primary amides is 1. The van der Waals surface area contributed by atoms with Gasteiger partial charge in [0.1, 0.15) is 0 Å². The van der Waals surface area contributed by atoms with Gasteiger partial charge < -0.3 is 5.73 Å². The average Bonchev–Trinajstić information content (AvgIpc) is 2.84. The van der Waals surface area contributed by atoms with Gasteiger partial charge in [0.25, 0.3) is 0 Å². The number of aromatic nitrogens is 1. The SMILES string of the molecule is C[C@@H](c1ncc(Br)s1)C1(C(N)=O)CC1. The molecule has 1 aliphatic carbocycles. The largest absolute Gasteiger partial charge is 0.369 e. The van der Waals surface area contributed by atoms with Gasteiger partial charge in [0, 0.05) is 5.92 Å². The average molecular weight is 275 g/mol. The van der Waals surface area contributed by atoms with Crippen LogP contribution in [0.1, 0.15) is 30.7 Å². The van der Waals surface area contributed by atoms with Gasteiger partial charge in [-0.3, -0.25) is 4.79 Å². The van der Waals surface area contributed by atoms with Gasteiger partial charge in [0.2, 0.25) is 5.91 Å². The Morgan fingerprint density at radius 1 is 1.79 bits per heavy atom. The fourth-order valence-electron chi connectivity index (χ4n) is 1.73. The van der Waals surface area contributed by atoms with Crippen molar-refractivity contribution in [1.29, 1.82) is 0 Å². The van der Waals surface area contributed by atoms with Gasteiger partial charge in [-0.1, -0.05) is 6.92 Å². The molecule has 76 valence electrons. The van der Waals surface area contributed by atoms with Crippen molar-refractivity contribution < 1.29 is 4.79 Å². The van der Waals surface area contributed by atoms with E-state index in [4.69, 9.17) is 5.73 Å². The molecule has 1 amide bonds. The number of halogens is 1. The van der Waals surface area contributed by atoms with Crippen LogP contribution in [-0.4, -0.2) is 10.9 Å². The van der Waals surface area contributed by atoms with Gasteiger partial charge in [-0.2, -0.15) is 0 Å². The van der Waals surface area contributed by atoms with E-state index in [-0.39, 0.29) is 17.2 Å². The van der Waals surface area contributed by atoms with E-state index in [1.807, 2.05) is 6.92 Å². The number of hydrogen-bond donors (Lipinski definition) is 1. The van der Waals surface area contributed by atoms with E-state index < -0.39 is 0 Å². The van der Waals surface area contributed by atoms with Gasteiger partial charge in [-0.25, -0.2) is 4.98 Å². The minimum Gasteiger partial charge on any atom is -0.369 e. The summed E-state index contributed by atoms with van der Waals surface area (Å²) in [6, 6.07) is 0. The van der Waals surface area contributed by atoms with E-state index in [1.54, 1.807) is 17.5 Å². The minimum absolute atomic E-state index is 0.149. The first kappa shape index (κ1) is 10.1. The van der Waals surface area contributed by atoms with E-state index in [9.17, 15) is 4.79 Å². The zero-order chi connectivity index (χ0) is 10.3. The van der Waals surface area contributed by atoms with E-state index in [1.165, 1.54) is 0 Å². The highest BCUT2D eigenvalue weighted by Gasteiger charge is 2.53. The van der Waals surface area contributed by atoms with Crippen LogP contribution < -0.4 is 5.73 Å². The Morgan fingerprint density at radius 3 is 2.79 bits per heavy atom. The van der Waals surface area contributed by atoms with Gasteiger partial charge in [-0.15, -0.1) is 11.3 Å². The van der Waals surface area contributed by atoms with E-state index in [0.29, 0.717) is 0 Å². The van der Waals surface area contributed by atoms with Crippen molar-refractivity contribution in [2.45, 2.75) is 25.7 Å². The summed E-state index contributed by atoms with van der Waals surface area (Å²) in [7, 11) is 0. The third kappa shape index (κ3) is 1.48. The van der Waals surface area contributed by atoms with Gasteiger partial charge in [-0.05, 0) is 28.8 Å². The second-order valence-electron chi connectivity index (χ2n) is 3.74. The quantitative estimate of drug-likeness (QED) is 0.920. The van der Waals surface area contributed by atoms with Crippen LogP contribution in [0.15, 0.2) is 9.98 Å². The lowest BCUT2D eigenvalue weighted by Gasteiger charge is -2.17. The number of nitrogens with two attached hydrogens (primary N) is 1. The summed E-state index contributed by atoms with van der Waals surface area (Å²) >= 11 is 4.94. The van der Waals surface area contributed by atoms with Gasteiger partial charge in [0.15, 0.2) is 0 Å². The zero-order valence-corrected chi connectivity index (χ0v) is 10.2. The molecule has 1 atom stereocenters. The second-order valence-corrected chi connectivity index (χ2v) is 6.19. The Hall–Kier alpha value is -0.420. The Balaban J connectivity index is 2.24. The zero-order valence-electron chi connectivity index (χ0n) is 7.79. The van der Waals surface area contributed by atoms with Crippen molar-refractivity contribution in [3.63, 3.8) is 0 Å². The number of hydrogen-bond acceptors (Lipinski definition) is 3. The van der Waals surface area contributed by atoms with Crippen molar-refractivity contribution in [3.8, 4) is 0 Å².